The summed E-state index contributed by atoms with van der Waals surface area (Å²) >= 11 is 0. The van der Waals surface area contributed by atoms with E-state index in [-0.39, 0.29) is 6.04 Å². The van der Waals surface area contributed by atoms with Gasteiger partial charge in [-0.25, -0.2) is 0 Å². The molecule has 0 aromatic rings. The first-order valence-corrected chi connectivity index (χ1v) is 6.70. The molecule has 1 saturated carbocycles. The van der Waals surface area contributed by atoms with Gasteiger partial charge < -0.3 is 5.32 Å². The molecule has 3 heteroatoms. The average Bonchev–Trinajstić information content (AvgIpc) is 2.85. The molecule has 1 aliphatic heterocycles. The molecule has 1 heterocycles. The van der Waals surface area contributed by atoms with Gasteiger partial charge in [0.2, 0.25) is 0 Å². The number of carbonyl (C=O) groups excluding carboxylic acids is 1. The highest BCUT2D eigenvalue weighted by Gasteiger charge is 2.31. The lowest BCUT2D eigenvalue weighted by Crippen LogP contribution is -2.48. The molecule has 0 aromatic carbocycles. The molecular weight excluding hydrogens is 200 g/mol. The summed E-state index contributed by atoms with van der Waals surface area (Å²) in [5, 5.41) is 3.32. The molecule has 1 unspecified atom stereocenters. The van der Waals surface area contributed by atoms with Gasteiger partial charge >= 0.3 is 0 Å². The Morgan fingerprint density at radius 3 is 2.56 bits per heavy atom. The van der Waals surface area contributed by atoms with E-state index in [9.17, 15) is 4.79 Å². The van der Waals surface area contributed by atoms with Crippen molar-refractivity contribution in [2.45, 2.75) is 64.1 Å². The van der Waals surface area contributed by atoms with Crippen molar-refractivity contribution < 1.29 is 4.79 Å². The van der Waals surface area contributed by atoms with Crippen LogP contribution in [0.1, 0.15) is 46.0 Å². The summed E-state index contributed by atoms with van der Waals surface area (Å²) in [7, 11) is 0. The molecule has 0 spiro atoms. The van der Waals surface area contributed by atoms with Crippen molar-refractivity contribution in [3.63, 3.8) is 0 Å². The number of nitrogens with zero attached hydrogens (tertiary/aromatic N) is 1. The van der Waals surface area contributed by atoms with E-state index >= 15 is 0 Å². The van der Waals surface area contributed by atoms with Crippen LogP contribution >= 0.6 is 0 Å². The molecular formula is C13H24N2O. The van der Waals surface area contributed by atoms with Crippen LogP contribution in [0.15, 0.2) is 0 Å². The lowest BCUT2D eigenvalue weighted by atomic mass is 10.1. The van der Waals surface area contributed by atoms with E-state index in [1.807, 2.05) is 0 Å². The van der Waals surface area contributed by atoms with Crippen molar-refractivity contribution >= 4 is 5.78 Å². The van der Waals surface area contributed by atoms with E-state index in [1.165, 1.54) is 25.7 Å². The van der Waals surface area contributed by atoms with Gasteiger partial charge in [0, 0.05) is 31.6 Å². The van der Waals surface area contributed by atoms with Crippen LogP contribution in [-0.2, 0) is 4.79 Å². The minimum atomic E-state index is 0.100. The highest BCUT2D eigenvalue weighted by molar-refractivity contribution is 5.86. The molecule has 0 amide bonds. The van der Waals surface area contributed by atoms with Gasteiger partial charge in [0.05, 0.1) is 6.04 Å². The second kappa shape index (κ2) is 5.28. The van der Waals surface area contributed by atoms with Crippen molar-refractivity contribution in [2.24, 2.45) is 0 Å². The number of Topliss-reactive ketones (excluding diaryl/α,β-unsaturated/α-hetero) is 1. The molecule has 16 heavy (non-hydrogen) atoms. The first-order chi connectivity index (χ1) is 7.68. The molecule has 92 valence electrons. The summed E-state index contributed by atoms with van der Waals surface area (Å²) in [5.41, 5.74) is 0. The van der Waals surface area contributed by atoms with Crippen LogP contribution in [0.3, 0.4) is 0 Å². The Morgan fingerprint density at radius 2 is 2.06 bits per heavy atom. The molecule has 0 bridgehead atoms. The molecule has 1 aliphatic carbocycles. The summed E-state index contributed by atoms with van der Waals surface area (Å²) < 4.78 is 0. The topological polar surface area (TPSA) is 32.3 Å². The van der Waals surface area contributed by atoms with Gasteiger partial charge in [0.25, 0.3) is 0 Å². The van der Waals surface area contributed by atoms with E-state index in [0.29, 0.717) is 11.8 Å². The van der Waals surface area contributed by atoms with Gasteiger partial charge in [-0.15, -0.1) is 0 Å². The molecule has 2 aliphatic rings. The molecule has 1 N–H and O–H groups in total. The Kier molecular flexibility index (Phi) is 3.98. The molecule has 3 nitrogen and oxygen atoms in total. The zero-order valence-electron chi connectivity index (χ0n) is 10.5. The zero-order valence-corrected chi connectivity index (χ0v) is 10.5. The monoisotopic (exact) mass is 224 g/mol. The SMILES string of the molecule is CC(C)N(CC1NCCC1=O)C1CCCC1. The third-order valence-corrected chi connectivity index (χ3v) is 4.00. The highest BCUT2D eigenvalue weighted by Crippen LogP contribution is 2.25. The van der Waals surface area contributed by atoms with Gasteiger partial charge in [0.15, 0.2) is 5.78 Å². The van der Waals surface area contributed by atoms with Crippen molar-refractivity contribution in [3.05, 3.63) is 0 Å². The van der Waals surface area contributed by atoms with E-state index in [0.717, 1.165) is 25.6 Å². The van der Waals surface area contributed by atoms with Gasteiger partial charge in [0.1, 0.15) is 0 Å². The van der Waals surface area contributed by atoms with E-state index in [4.69, 9.17) is 0 Å². The van der Waals surface area contributed by atoms with Crippen LogP contribution in [0.4, 0.5) is 0 Å². The van der Waals surface area contributed by atoms with Crippen LogP contribution in [0.25, 0.3) is 0 Å². The zero-order chi connectivity index (χ0) is 11.5. The summed E-state index contributed by atoms with van der Waals surface area (Å²) in [6, 6.07) is 1.37. The smallest absolute Gasteiger partial charge is 0.152 e. The molecule has 2 fully saturated rings. The Hall–Kier alpha value is -0.410. The van der Waals surface area contributed by atoms with Gasteiger partial charge in [-0.1, -0.05) is 12.8 Å². The summed E-state index contributed by atoms with van der Waals surface area (Å²) in [5.74, 6) is 0.406. The minimum Gasteiger partial charge on any atom is -0.306 e. The number of nitrogens with one attached hydrogen (secondary N) is 1. The fraction of sp³-hybridized carbons (Fsp3) is 0.923. The van der Waals surface area contributed by atoms with E-state index in [2.05, 4.69) is 24.1 Å². The Labute approximate surface area is 98.6 Å². The summed E-state index contributed by atoms with van der Waals surface area (Å²) in [4.78, 5) is 14.2. The summed E-state index contributed by atoms with van der Waals surface area (Å²) in [6.45, 7) is 6.29. The average molecular weight is 224 g/mol. The molecule has 1 saturated heterocycles. The molecule has 0 radical (unpaired) electrons. The standard InChI is InChI=1S/C13H24N2O/c1-10(2)15(11-5-3-4-6-11)9-12-13(16)7-8-14-12/h10-12,14H,3-9H2,1-2H3. The normalized spacial score (nSPS) is 27.5. The third kappa shape index (κ3) is 2.64. The number of rotatable bonds is 4. The Morgan fingerprint density at radius 1 is 1.38 bits per heavy atom. The first-order valence-electron chi connectivity index (χ1n) is 6.70. The molecule has 0 aromatic heterocycles. The number of carbonyl (C=O) groups is 1. The lowest BCUT2D eigenvalue weighted by Gasteiger charge is -2.34. The Bertz CT molecular complexity index is 246. The van der Waals surface area contributed by atoms with Crippen molar-refractivity contribution in [2.75, 3.05) is 13.1 Å². The second-order valence-corrected chi connectivity index (χ2v) is 5.45. The van der Waals surface area contributed by atoms with Crippen LogP contribution in [0, 0.1) is 0 Å². The van der Waals surface area contributed by atoms with Crippen molar-refractivity contribution in [3.8, 4) is 0 Å². The maximum absolute atomic E-state index is 11.7. The van der Waals surface area contributed by atoms with Crippen LogP contribution in [0.5, 0.6) is 0 Å². The highest BCUT2D eigenvalue weighted by atomic mass is 16.1. The number of hydrogen-bond acceptors (Lipinski definition) is 3. The van der Waals surface area contributed by atoms with Crippen LogP contribution < -0.4 is 5.32 Å². The fourth-order valence-corrected chi connectivity index (χ4v) is 3.05. The Balaban J connectivity index is 1.94. The molecule has 2 rings (SSSR count). The van der Waals surface area contributed by atoms with Crippen LogP contribution in [-0.4, -0.2) is 41.9 Å². The van der Waals surface area contributed by atoms with Crippen molar-refractivity contribution in [1.29, 1.82) is 0 Å². The lowest BCUT2D eigenvalue weighted by molar-refractivity contribution is -0.119. The summed E-state index contributed by atoms with van der Waals surface area (Å²) in [6.07, 6.45) is 6.08. The van der Waals surface area contributed by atoms with Crippen molar-refractivity contribution in [1.82, 2.24) is 10.2 Å². The maximum atomic E-state index is 11.7. The quantitative estimate of drug-likeness (QED) is 0.786. The first kappa shape index (κ1) is 12.1. The fourth-order valence-electron chi connectivity index (χ4n) is 3.05. The van der Waals surface area contributed by atoms with Gasteiger partial charge in [-0.2, -0.15) is 0 Å². The number of hydrogen-bond donors (Lipinski definition) is 1. The second-order valence-electron chi connectivity index (χ2n) is 5.45. The van der Waals surface area contributed by atoms with Crippen LogP contribution in [0.2, 0.25) is 0 Å². The minimum absolute atomic E-state index is 0.100. The third-order valence-electron chi connectivity index (χ3n) is 4.00. The number of ketones is 1. The van der Waals surface area contributed by atoms with Gasteiger partial charge in [-0.3, -0.25) is 9.69 Å². The molecule has 1 atom stereocenters. The predicted molar refractivity (Wildman–Crippen MR) is 65.5 cm³/mol. The predicted octanol–water partition coefficient (Wildman–Crippen LogP) is 1.57. The van der Waals surface area contributed by atoms with E-state index in [1.54, 1.807) is 0 Å². The largest absolute Gasteiger partial charge is 0.306 e. The maximum Gasteiger partial charge on any atom is 0.152 e. The van der Waals surface area contributed by atoms with E-state index < -0.39 is 0 Å². The van der Waals surface area contributed by atoms with Gasteiger partial charge in [-0.05, 0) is 26.7 Å².